The minimum absolute atomic E-state index is 0.0226. The van der Waals surface area contributed by atoms with E-state index in [1.54, 1.807) is 36.4 Å². The predicted octanol–water partition coefficient (Wildman–Crippen LogP) is 7.92. The zero-order valence-corrected chi connectivity index (χ0v) is 28.5. The van der Waals surface area contributed by atoms with E-state index >= 15 is 0 Å². The molecule has 0 saturated carbocycles. The van der Waals surface area contributed by atoms with Gasteiger partial charge in [0.2, 0.25) is 0 Å². The predicted molar refractivity (Wildman–Crippen MR) is 186 cm³/mol. The van der Waals surface area contributed by atoms with Crippen LogP contribution in [0.3, 0.4) is 0 Å². The van der Waals surface area contributed by atoms with Gasteiger partial charge in [0.1, 0.15) is 0 Å². The van der Waals surface area contributed by atoms with Gasteiger partial charge in [-0.05, 0) is 92.6 Å². The van der Waals surface area contributed by atoms with Gasteiger partial charge < -0.3 is 23.7 Å². The number of ether oxygens (including phenoxy) is 5. The van der Waals surface area contributed by atoms with Crippen LogP contribution in [0.1, 0.15) is 46.6 Å². The van der Waals surface area contributed by atoms with E-state index in [0.717, 1.165) is 23.1 Å². The molecule has 9 heteroatoms. The fraction of sp³-hybridized carbons (Fsp3) is 0.250. The lowest BCUT2D eigenvalue weighted by Gasteiger charge is -2.38. The second-order valence-electron chi connectivity index (χ2n) is 12.7. The van der Waals surface area contributed by atoms with Crippen LogP contribution in [-0.2, 0) is 30.3 Å². The van der Waals surface area contributed by atoms with Crippen LogP contribution in [0.15, 0.2) is 103 Å². The van der Waals surface area contributed by atoms with Crippen molar-refractivity contribution in [3.05, 3.63) is 109 Å². The molecule has 1 heterocycles. The van der Waals surface area contributed by atoms with E-state index in [9.17, 15) is 19.2 Å². The standard InChI is InChI=1S/C40H40O9/c1-23(2)36(41)46-32-14-11-28(19-34(32)48-38(43)25(5)6)27-10-13-31(30(18-27)16-17-40(9)21-45-22-40)29-12-15-33(47-37(42)24(3)4)35(20-29)49-39(44)26(7)8/h10-15,18-20H,1,3,5,7,16-17,21-22H2,2,4,6,8-9H3. The molecule has 1 aliphatic heterocycles. The molecule has 0 N–H and O–H groups in total. The van der Waals surface area contributed by atoms with Gasteiger partial charge in [-0.3, -0.25) is 0 Å². The molecule has 0 aliphatic carbocycles. The van der Waals surface area contributed by atoms with Gasteiger partial charge in [0.15, 0.2) is 23.0 Å². The number of carbonyl (C=O) groups excluding carboxylic acids is 4. The summed E-state index contributed by atoms with van der Waals surface area (Å²) in [6.45, 7) is 24.1. The van der Waals surface area contributed by atoms with Crippen LogP contribution < -0.4 is 18.9 Å². The van der Waals surface area contributed by atoms with E-state index in [2.05, 4.69) is 33.2 Å². The Labute approximate surface area is 286 Å². The van der Waals surface area contributed by atoms with Crippen LogP contribution in [0.25, 0.3) is 22.3 Å². The Hall–Kier alpha value is -5.54. The van der Waals surface area contributed by atoms with E-state index < -0.39 is 23.9 Å². The largest absolute Gasteiger partial charge is 0.419 e. The Bertz CT molecular complexity index is 1890. The van der Waals surface area contributed by atoms with Gasteiger partial charge in [-0.15, -0.1) is 0 Å². The van der Waals surface area contributed by atoms with Crippen molar-refractivity contribution in [3.8, 4) is 45.3 Å². The summed E-state index contributed by atoms with van der Waals surface area (Å²) in [5.74, 6) is -2.43. The molecule has 0 atom stereocenters. The lowest BCUT2D eigenvalue weighted by molar-refractivity contribution is -0.132. The molecule has 0 amide bonds. The molecular formula is C40H40O9. The normalized spacial score (nSPS) is 12.9. The summed E-state index contributed by atoms with van der Waals surface area (Å²) in [5.41, 5.74) is 4.81. The molecule has 254 valence electrons. The second kappa shape index (κ2) is 15.1. The van der Waals surface area contributed by atoms with Gasteiger partial charge in [0, 0.05) is 27.7 Å². The van der Waals surface area contributed by atoms with E-state index in [4.69, 9.17) is 23.7 Å². The first-order valence-electron chi connectivity index (χ1n) is 15.6. The minimum atomic E-state index is -0.669. The Morgan fingerprint density at radius 1 is 0.592 bits per heavy atom. The molecular weight excluding hydrogens is 624 g/mol. The highest BCUT2D eigenvalue weighted by Crippen LogP contribution is 2.40. The summed E-state index contributed by atoms with van der Waals surface area (Å²) in [5, 5.41) is 0. The van der Waals surface area contributed by atoms with E-state index in [-0.39, 0.29) is 50.7 Å². The van der Waals surface area contributed by atoms with Crippen molar-refractivity contribution in [3.63, 3.8) is 0 Å². The smallest absolute Gasteiger partial charge is 0.338 e. The first kappa shape index (κ1) is 36.3. The number of hydrogen-bond acceptors (Lipinski definition) is 9. The maximum atomic E-state index is 12.5. The van der Waals surface area contributed by atoms with Gasteiger partial charge in [0.25, 0.3) is 0 Å². The topological polar surface area (TPSA) is 114 Å². The lowest BCUT2D eigenvalue weighted by Crippen LogP contribution is -2.39. The monoisotopic (exact) mass is 664 g/mol. The average Bonchev–Trinajstić information content (AvgIpc) is 3.03. The average molecular weight is 665 g/mol. The van der Waals surface area contributed by atoms with Crippen molar-refractivity contribution >= 4 is 23.9 Å². The summed E-state index contributed by atoms with van der Waals surface area (Å²) in [6, 6.07) is 15.8. The molecule has 1 saturated heterocycles. The van der Waals surface area contributed by atoms with Crippen molar-refractivity contribution in [2.45, 2.75) is 47.5 Å². The number of esters is 4. The van der Waals surface area contributed by atoms with Gasteiger partial charge >= 0.3 is 23.9 Å². The lowest BCUT2D eigenvalue weighted by atomic mass is 9.81. The van der Waals surface area contributed by atoms with Crippen molar-refractivity contribution in [2.24, 2.45) is 5.41 Å². The third-order valence-corrected chi connectivity index (χ3v) is 7.74. The number of benzene rings is 3. The fourth-order valence-electron chi connectivity index (χ4n) is 4.73. The molecule has 0 bridgehead atoms. The van der Waals surface area contributed by atoms with Gasteiger partial charge in [0.05, 0.1) is 13.2 Å². The zero-order chi connectivity index (χ0) is 36.0. The highest BCUT2D eigenvalue weighted by atomic mass is 16.6. The molecule has 3 aromatic carbocycles. The fourth-order valence-corrected chi connectivity index (χ4v) is 4.73. The number of carbonyl (C=O) groups is 4. The molecule has 0 aromatic heterocycles. The molecule has 49 heavy (non-hydrogen) atoms. The van der Waals surface area contributed by atoms with E-state index in [1.165, 1.54) is 27.7 Å². The van der Waals surface area contributed by atoms with Crippen molar-refractivity contribution in [1.82, 2.24) is 0 Å². The van der Waals surface area contributed by atoms with Crippen LogP contribution in [-0.4, -0.2) is 37.1 Å². The minimum Gasteiger partial charge on any atom is -0.419 e. The third-order valence-electron chi connectivity index (χ3n) is 7.74. The summed E-state index contributed by atoms with van der Waals surface area (Å²) in [4.78, 5) is 49.7. The number of hydrogen-bond donors (Lipinski definition) is 0. The maximum Gasteiger partial charge on any atom is 0.338 e. The molecule has 3 aromatic rings. The van der Waals surface area contributed by atoms with Crippen LogP contribution in [0.5, 0.6) is 23.0 Å². The SMILES string of the molecule is C=C(C)C(=O)Oc1ccc(-c2ccc(-c3ccc(OC(=O)C(=C)C)c(OC(=O)C(=C)C)c3)c(CCC3(C)COC3)c2)cc1OC(=O)C(=C)C. The Kier molecular flexibility index (Phi) is 11.2. The highest BCUT2D eigenvalue weighted by molar-refractivity contribution is 5.93. The van der Waals surface area contributed by atoms with Gasteiger partial charge in [-0.1, -0.05) is 63.6 Å². The molecule has 4 rings (SSSR count). The van der Waals surface area contributed by atoms with Crippen LogP contribution in [0, 0.1) is 5.41 Å². The number of aryl methyl sites for hydroxylation is 1. The Morgan fingerprint density at radius 2 is 0.980 bits per heavy atom. The summed E-state index contributed by atoms with van der Waals surface area (Å²) in [7, 11) is 0. The summed E-state index contributed by atoms with van der Waals surface area (Å²) in [6.07, 6.45) is 1.52. The first-order valence-corrected chi connectivity index (χ1v) is 15.6. The molecule has 9 nitrogen and oxygen atoms in total. The van der Waals surface area contributed by atoms with Crippen molar-refractivity contribution in [1.29, 1.82) is 0 Å². The number of rotatable bonds is 13. The molecule has 0 spiro atoms. The Morgan fingerprint density at radius 3 is 1.41 bits per heavy atom. The van der Waals surface area contributed by atoms with Gasteiger partial charge in [-0.2, -0.15) is 0 Å². The van der Waals surface area contributed by atoms with Crippen LogP contribution in [0.2, 0.25) is 0 Å². The van der Waals surface area contributed by atoms with E-state index in [0.29, 0.717) is 30.8 Å². The van der Waals surface area contributed by atoms with Gasteiger partial charge in [-0.25, -0.2) is 19.2 Å². The second-order valence-corrected chi connectivity index (χ2v) is 12.7. The van der Waals surface area contributed by atoms with Crippen molar-refractivity contribution in [2.75, 3.05) is 13.2 Å². The summed E-state index contributed by atoms with van der Waals surface area (Å²) < 4.78 is 27.5. The maximum absolute atomic E-state index is 12.5. The molecule has 0 radical (unpaired) electrons. The highest BCUT2D eigenvalue weighted by Gasteiger charge is 2.33. The summed E-state index contributed by atoms with van der Waals surface area (Å²) >= 11 is 0. The van der Waals surface area contributed by atoms with Crippen molar-refractivity contribution < 1.29 is 42.9 Å². The molecule has 1 aliphatic rings. The third kappa shape index (κ3) is 9.09. The molecule has 0 unspecified atom stereocenters. The quantitative estimate of drug-likeness (QED) is 0.102. The van der Waals surface area contributed by atoms with Crippen LogP contribution in [0.4, 0.5) is 0 Å². The molecule has 1 fully saturated rings. The van der Waals surface area contributed by atoms with E-state index in [1.807, 2.05) is 18.2 Å². The van der Waals surface area contributed by atoms with Crippen LogP contribution >= 0.6 is 0 Å². The first-order chi connectivity index (χ1) is 23.1. The zero-order valence-electron chi connectivity index (χ0n) is 28.5. The Balaban J connectivity index is 1.81.